The lowest BCUT2D eigenvalue weighted by atomic mass is 9.90. The number of thiophene rings is 1. The van der Waals surface area contributed by atoms with Crippen molar-refractivity contribution >= 4 is 61.6 Å². The quantitative estimate of drug-likeness (QED) is 0.235. The zero-order valence-corrected chi connectivity index (χ0v) is 24.5. The molecule has 196 valence electrons. The third kappa shape index (κ3) is 3.86. The molecule has 0 saturated carbocycles. The van der Waals surface area contributed by atoms with Crippen LogP contribution in [0.3, 0.4) is 0 Å². The minimum atomic E-state index is -0.488. The van der Waals surface area contributed by atoms with Gasteiger partial charge in [0.15, 0.2) is 11.9 Å². The van der Waals surface area contributed by atoms with Gasteiger partial charge in [-0.1, -0.05) is 18.2 Å². The molecule has 1 aromatic carbocycles. The number of hydrogen-bond donors (Lipinski definition) is 1. The molecule has 1 aliphatic heterocycles. The highest BCUT2D eigenvalue weighted by atomic mass is 127. The van der Waals surface area contributed by atoms with Crippen LogP contribution in [-0.4, -0.2) is 31.0 Å². The van der Waals surface area contributed by atoms with Crippen molar-refractivity contribution in [2.45, 2.75) is 58.2 Å². The maximum atomic E-state index is 13.1. The number of fused-ring (bicyclic) bond motifs is 2. The standard InChI is InChI=1S/C27H26IN5O4S/c1-13(33-23-19(21(28)32-33)22(29)30-12-31-23)20-18(14-8-6-7-9-15(14)24(34)35-20)16-10-11-17(38-16)25-36-26(2,3)27(4,5)37-25/h6-13,25H,1-5H3,(H2,29,30,31). The summed E-state index contributed by atoms with van der Waals surface area (Å²) in [6.45, 7) is 10.1. The number of nitrogens with two attached hydrogens (primary N) is 1. The Hall–Kier alpha value is -2.87. The molecule has 1 saturated heterocycles. The predicted molar refractivity (Wildman–Crippen MR) is 155 cm³/mol. The molecule has 0 amide bonds. The molecule has 38 heavy (non-hydrogen) atoms. The predicted octanol–water partition coefficient (Wildman–Crippen LogP) is 6.06. The first-order valence-corrected chi connectivity index (χ1v) is 14.0. The molecule has 1 atom stereocenters. The maximum Gasteiger partial charge on any atom is 0.343 e. The minimum Gasteiger partial charge on any atom is -0.424 e. The van der Waals surface area contributed by atoms with Crippen molar-refractivity contribution in [3.63, 3.8) is 0 Å². The second-order valence-electron chi connectivity index (χ2n) is 10.3. The summed E-state index contributed by atoms with van der Waals surface area (Å²) in [5.41, 5.74) is 6.21. The van der Waals surface area contributed by atoms with Crippen LogP contribution in [0, 0.1) is 3.70 Å². The maximum absolute atomic E-state index is 13.1. The number of nitrogen functional groups attached to an aromatic ring is 1. The van der Waals surface area contributed by atoms with E-state index in [1.165, 1.54) is 6.33 Å². The van der Waals surface area contributed by atoms with E-state index < -0.39 is 29.2 Å². The highest BCUT2D eigenvalue weighted by Crippen LogP contribution is 2.48. The third-order valence-electron chi connectivity index (χ3n) is 7.45. The zero-order valence-electron chi connectivity index (χ0n) is 21.5. The van der Waals surface area contributed by atoms with Gasteiger partial charge in [0, 0.05) is 15.8 Å². The molecule has 2 N–H and O–H groups in total. The fourth-order valence-corrected chi connectivity index (χ4v) is 6.45. The van der Waals surface area contributed by atoms with Crippen LogP contribution in [0.4, 0.5) is 5.82 Å². The number of hydrogen-bond acceptors (Lipinski definition) is 9. The summed E-state index contributed by atoms with van der Waals surface area (Å²) in [6.07, 6.45) is 0.921. The van der Waals surface area contributed by atoms with E-state index >= 15 is 0 Å². The van der Waals surface area contributed by atoms with Gasteiger partial charge in [0.25, 0.3) is 0 Å². The van der Waals surface area contributed by atoms with E-state index in [9.17, 15) is 4.79 Å². The Morgan fingerprint density at radius 2 is 1.74 bits per heavy atom. The monoisotopic (exact) mass is 643 g/mol. The van der Waals surface area contributed by atoms with E-state index in [0.717, 1.165) is 20.7 Å². The van der Waals surface area contributed by atoms with Crippen molar-refractivity contribution in [2.24, 2.45) is 0 Å². The van der Waals surface area contributed by atoms with E-state index in [-0.39, 0.29) is 0 Å². The van der Waals surface area contributed by atoms with Gasteiger partial charge in [-0.05, 0) is 75.4 Å². The summed E-state index contributed by atoms with van der Waals surface area (Å²) in [5.74, 6) is 0.831. The normalized spacial score (nSPS) is 17.9. The molecule has 1 aliphatic rings. The molecule has 0 radical (unpaired) electrons. The van der Waals surface area contributed by atoms with Crippen molar-refractivity contribution in [2.75, 3.05) is 5.73 Å². The molecule has 5 heterocycles. The Bertz CT molecular complexity index is 1760. The number of anilines is 1. The highest BCUT2D eigenvalue weighted by Gasteiger charge is 2.50. The summed E-state index contributed by atoms with van der Waals surface area (Å²) < 4.78 is 21.0. The lowest BCUT2D eigenvalue weighted by Gasteiger charge is -2.30. The Labute approximate surface area is 236 Å². The van der Waals surface area contributed by atoms with E-state index in [0.29, 0.717) is 31.7 Å². The summed E-state index contributed by atoms with van der Waals surface area (Å²) in [5, 5.41) is 6.67. The summed E-state index contributed by atoms with van der Waals surface area (Å²) in [6, 6.07) is 11.0. The first-order chi connectivity index (χ1) is 18.0. The van der Waals surface area contributed by atoms with Gasteiger partial charge >= 0.3 is 5.63 Å². The van der Waals surface area contributed by atoms with Crippen LogP contribution in [-0.2, 0) is 9.47 Å². The fraction of sp³-hybridized carbons (Fsp3) is 0.333. The number of halogens is 1. The Balaban J connectivity index is 1.53. The number of nitrogens with zero attached hydrogens (tertiary/aromatic N) is 4. The summed E-state index contributed by atoms with van der Waals surface area (Å²) in [4.78, 5) is 23.5. The first-order valence-electron chi connectivity index (χ1n) is 12.1. The van der Waals surface area contributed by atoms with E-state index in [2.05, 4.69) is 32.6 Å². The van der Waals surface area contributed by atoms with Gasteiger partial charge in [-0.3, -0.25) is 0 Å². The molecule has 0 spiro atoms. The molecule has 0 aliphatic carbocycles. The zero-order chi connectivity index (χ0) is 27.0. The van der Waals surface area contributed by atoms with Crippen LogP contribution in [0.2, 0.25) is 0 Å². The number of aromatic nitrogens is 4. The number of benzene rings is 1. The van der Waals surface area contributed by atoms with Crippen LogP contribution in [0.25, 0.3) is 32.2 Å². The Morgan fingerprint density at radius 1 is 1.05 bits per heavy atom. The van der Waals surface area contributed by atoms with Crippen LogP contribution in [0.5, 0.6) is 0 Å². The Kier molecular flexibility index (Phi) is 5.91. The van der Waals surface area contributed by atoms with Crippen molar-refractivity contribution in [3.05, 3.63) is 67.5 Å². The molecule has 5 aromatic rings. The molecule has 11 heteroatoms. The molecule has 9 nitrogen and oxygen atoms in total. The van der Waals surface area contributed by atoms with Crippen molar-refractivity contribution in [1.29, 1.82) is 0 Å². The lowest BCUT2D eigenvalue weighted by molar-refractivity contribution is -0.0871. The third-order valence-corrected chi connectivity index (χ3v) is 9.33. The molecule has 4 aromatic heterocycles. The van der Waals surface area contributed by atoms with Gasteiger partial charge in [0.05, 0.1) is 26.9 Å². The molecule has 0 bridgehead atoms. The molecular formula is C27H26IN5O4S. The molecule has 6 rings (SSSR count). The van der Waals surface area contributed by atoms with E-state index in [1.807, 2.05) is 65.0 Å². The lowest BCUT2D eigenvalue weighted by Crippen LogP contribution is -2.41. The van der Waals surface area contributed by atoms with E-state index in [4.69, 9.17) is 24.7 Å². The van der Waals surface area contributed by atoms with Crippen molar-refractivity contribution in [3.8, 4) is 10.4 Å². The average Bonchev–Trinajstić information content (AvgIpc) is 3.54. The summed E-state index contributed by atoms with van der Waals surface area (Å²) >= 11 is 3.67. The van der Waals surface area contributed by atoms with Gasteiger partial charge in [0.2, 0.25) is 0 Å². The fourth-order valence-electron chi connectivity index (χ4n) is 4.67. The van der Waals surface area contributed by atoms with Gasteiger partial charge in [-0.25, -0.2) is 19.4 Å². The minimum absolute atomic E-state index is 0.350. The van der Waals surface area contributed by atoms with Crippen LogP contribution < -0.4 is 11.4 Å². The largest absolute Gasteiger partial charge is 0.424 e. The van der Waals surface area contributed by atoms with Crippen molar-refractivity contribution < 1.29 is 13.9 Å². The van der Waals surface area contributed by atoms with E-state index in [1.54, 1.807) is 22.1 Å². The smallest absolute Gasteiger partial charge is 0.343 e. The second kappa shape index (κ2) is 8.83. The topological polar surface area (TPSA) is 118 Å². The van der Waals surface area contributed by atoms with Crippen molar-refractivity contribution in [1.82, 2.24) is 19.7 Å². The van der Waals surface area contributed by atoms with Crippen LogP contribution >= 0.6 is 33.9 Å². The van der Waals surface area contributed by atoms with Gasteiger partial charge in [0.1, 0.15) is 27.6 Å². The molecule has 1 fully saturated rings. The van der Waals surface area contributed by atoms with Gasteiger partial charge in [-0.2, -0.15) is 5.10 Å². The van der Waals surface area contributed by atoms with Crippen LogP contribution in [0.15, 0.2) is 51.9 Å². The van der Waals surface area contributed by atoms with Gasteiger partial charge < -0.3 is 19.6 Å². The first kappa shape index (κ1) is 25.4. The van der Waals surface area contributed by atoms with Crippen LogP contribution in [0.1, 0.15) is 57.6 Å². The molecule has 1 unspecified atom stereocenters. The second-order valence-corrected chi connectivity index (χ2v) is 12.5. The SMILES string of the molecule is CC(c1oc(=O)c2ccccc2c1-c1ccc(C2OC(C)(C)C(C)(C)O2)s1)n1nc(I)c2c(N)ncnc21. The number of ether oxygens (including phenoxy) is 2. The van der Waals surface area contributed by atoms with Gasteiger partial charge in [-0.15, -0.1) is 11.3 Å². The Morgan fingerprint density at radius 3 is 2.45 bits per heavy atom. The summed E-state index contributed by atoms with van der Waals surface area (Å²) in [7, 11) is 0. The molecular weight excluding hydrogens is 617 g/mol. The highest BCUT2D eigenvalue weighted by molar-refractivity contribution is 14.1. The average molecular weight is 644 g/mol. The number of rotatable bonds is 4.